The van der Waals surface area contributed by atoms with Gasteiger partial charge in [-0.3, -0.25) is 0 Å². The lowest BCUT2D eigenvalue weighted by Gasteiger charge is -2.18. The minimum absolute atomic E-state index is 0.0247. The average Bonchev–Trinajstić information content (AvgIpc) is 3.08. The lowest BCUT2D eigenvalue weighted by molar-refractivity contribution is 0.123. The molecule has 0 spiro atoms. The van der Waals surface area contributed by atoms with Gasteiger partial charge in [-0.1, -0.05) is 62.7 Å². The summed E-state index contributed by atoms with van der Waals surface area (Å²) in [7, 11) is 0. The Morgan fingerprint density at radius 1 is 1.18 bits per heavy atom. The van der Waals surface area contributed by atoms with Crippen LogP contribution in [0.15, 0.2) is 54.6 Å². The molecule has 5 nitrogen and oxygen atoms in total. The monoisotopic (exact) mass is 401 g/mol. The Bertz CT molecular complexity index is 997. The number of primary amides is 1. The fourth-order valence-electron chi connectivity index (χ4n) is 2.82. The number of carbonyl (C=O) groups excluding carboxylic acids is 1. The number of hydrogen-bond acceptors (Lipinski definition) is 3. The highest BCUT2D eigenvalue weighted by molar-refractivity contribution is 6.30. The molecule has 1 amide bonds. The number of rotatable bonds is 4. The minimum Gasteiger partial charge on any atom is -0.435 e. The third-order valence-electron chi connectivity index (χ3n) is 4.26. The predicted molar refractivity (Wildman–Crippen MR) is 106 cm³/mol. The third kappa shape index (κ3) is 4.17. The molecule has 0 aliphatic carbocycles. The number of amides is 1. The Kier molecular flexibility index (Phi) is 5.42. The maximum Gasteiger partial charge on any atom is 0.405 e. The standard InChI is InChI=1S/C21H21ClFN3O2/c1-21(2,3)18-12-17(19(28-20(24)27)13-7-5-4-6-8-13)26(25-18)14-9-10-16(23)15(22)11-14/h4-12,19H,1-3H3,(H2,24,27). The lowest BCUT2D eigenvalue weighted by Crippen LogP contribution is -2.20. The molecule has 0 aliphatic rings. The number of ether oxygens (including phenoxy) is 1. The Hall–Kier alpha value is -2.86. The molecule has 0 saturated carbocycles. The fraction of sp³-hybridized carbons (Fsp3) is 0.238. The summed E-state index contributed by atoms with van der Waals surface area (Å²) in [5.74, 6) is -0.525. The first kappa shape index (κ1) is 19.9. The van der Waals surface area contributed by atoms with Gasteiger partial charge in [0, 0.05) is 5.41 Å². The first-order chi connectivity index (χ1) is 13.2. The van der Waals surface area contributed by atoms with Crippen molar-refractivity contribution in [1.82, 2.24) is 9.78 Å². The number of nitrogens with two attached hydrogens (primary N) is 1. The zero-order chi connectivity index (χ0) is 20.5. The number of hydrogen-bond donors (Lipinski definition) is 1. The Labute approximate surface area is 167 Å². The zero-order valence-electron chi connectivity index (χ0n) is 15.8. The summed E-state index contributed by atoms with van der Waals surface area (Å²) in [4.78, 5) is 11.6. The summed E-state index contributed by atoms with van der Waals surface area (Å²) in [6.45, 7) is 6.06. The van der Waals surface area contributed by atoms with Crippen molar-refractivity contribution in [1.29, 1.82) is 0 Å². The van der Waals surface area contributed by atoms with Crippen LogP contribution in [0.2, 0.25) is 5.02 Å². The van der Waals surface area contributed by atoms with E-state index in [-0.39, 0.29) is 10.4 Å². The molecule has 0 fully saturated rings. The van der Waals surface area contributed by atoms with Crippen molar-refractivity contribution in [2.45, 2.75) is 32.3 Å². The van der Waals surface area contributed by atoms with Crippen LogP contribution in [0.1, 0.15) is 43.8 Å². The maximum absolute atomic E-state index is 13.7. The van der Waals surface area contributed by atoms with E-state index >= 15 is 0 Å². The Balaban J connectivity index is 2.23. The highest BCUT2D eigenvalue weighted by Gasteiger charge is 2.28. The summed E-state index contributed by atoms with van der Waals surface area (Å²) < 4.78 is 20.7. The number of carbonyl (C=O) groups is 1. The average molecular weight is 402 g/mol. The molecular weight excluding hydrogens is 381 g/mol. The van der Waals surface area contributed by atoms with Crippen molar-refractivity contribution in [3.63, 3.8) is 0 Å². The predicted octanol–water partition coefficient (Wildman–Crippen LogP) is 5.15. The van der Waals surface area contributed by atoms with Gasteiger partial charge in [0.05, 0.1) is 22.1 Å². The zero-order valence-corrected chi connectivity index (χ0v) is 16.6. The van der Waals surface area contributed by atoms with Crippen molar-refractivity contribution < 1.29 is 13.9 Å². The molecule has 3 aromatic rings. The lowest BCUT2D eigenvalue weighted by atomic mass is 9.91. The fourth-order valence-corrected chi connectivity index (χ4v) is 2.99. The van der Waals surface area contributed by atoms with Gasteiger partial charge in [-0.15, -0.1) is 0 Å². The summed E-state index contributed by atoms with van der Waals surface area (Å²) in [6.07, 6.45) is -1.69. The molecule has 0 aliphatic heterocycles. The van der Waals surface area contributed by atoms with Crippen molar-refractivity contribution in [3.05, 3.63) is 82.4 Å². The van der Waals surface area contributed by atoms with Gasteiger partial charge in [0.1, 0.15) is 5.82 Å². The molecule has 1 unspecified atom stereocenters. The molecule has 0 radical (unpaired) electrons. The van der Waals surface area contributed by atoms with E-state index in [2.05, 4.69) is 5.10 Å². The van der Waals surface area contributed by atoms with E-state index < -0.39 is 18.0 Å². The molecular formula is C21H21ClFN3O2. The smallest absolute Gasteiger partial charge is 0.405 e. The maximum atomic E-state index is 13.7. The van der Waals surface area contributed by atoms with Gasteiger partial charge in [-0.2, -0.15) is 5.10 Å². The van der Waals surface area contributed by atoms with Gasteiger partial charge >= 0.3 is 6.09 Å². The first-order valence-corrected chi connectivity index (χ1v) is 9.11. The van der Waals surface area contributed by atoms with E-state index in [0.29, 0.717) is 11.4 Å². The molecule has 1 atom stereocenters. The van der Waals surface area contributed by atoms with E-state index in [1.807, 2.05) is 57.2 Å². The van der Waals surface area contributed by atoms with Crippen LogP contribution in [0, 0.1) is 5.82 Å². The van der Waals surface area contributed by atoms with E-state index in [4.69, 9.17) is 22.1 Å². The summed E-state index contributed by atoms with van der Waals surface area (Å²) in [5, 5.41) is 4.65. The molecule has 2 N–H and O–H groups in total. The molecule has 1 heterocycles. The van der Waals surface area contributed by atoms with Gasteiger partial charge < -0.3 is 10.5 Å². The van der Waals surface area contributed by atoms with Crippen LogP contribution in [-0.2, 0) is 10.2 Å². The van der Waals surface area contributed by atoms with Gasteiger partial charge in [0.2, 0.25) is 0 Å². The van der Waals surface area contributed by atoms with Gasteiger partial charge in [0.15, 0.2) is 6.10 Å². The Morgan fingerprint density at radius 2 is 1.86 bits per heavy atom. The Morgan fingerprint density at radius 3 is 2.43 bits per heavy atom. The largest absolute Gasteiger partial charge is 0.435 e. The van der Waals surface area contributed by atoms with Gasteiger partial charge in [-0.05, 0) is 29.8 Å². The van der Waals surface area contributed by atoms with E-state index in [9.17, 15) is 9.18 Å². The van der Waals surface area contributed by atoms with Crippen molar-refractivity contribution >= 4 is 17.7 Å². The molecule has 1 aromatic heterocycles. The summed E-state index contributed by atoms with van der Waals surface area (Å²) in [6, 6.07) is 15.4. The van der Waals surface area contributed by atoms with Crippen molar-refractivity contribution in [2.24, 2.45) is 5.73 Å². The SMILES string of the molecule is CC(C)(C)c1cc(C(OC(N)=O)c2ccccc2)n(-c2ccc(F)c(Cl)c2)n1. The van der Waals surface area contributed by atoms with Crippen LogP contribution in [0.25, 0.3) is 5.69 Å². The van der Waals surface area contributed by atoms with Crippen LogP contribution >= 0.6 is 11.6 Å². The van der Waals surface area contributed by atoms with Gasteiger partial charge in [-0.25, -0.2) is 13.9 Å². The van der Waals surface area contributed by atoms with Gasteiger partial charge in [0.25, 0.3) is 0 Å². The van der Waals surface area contributed by atoms with Crippen LogP contribution < -0.4 is 5.73 Å². The van der Waals surface area contributed by atoms with Crippen LogP contribution in [0.3, 0.4) is 0 Å². The van der Waals surface area contributed by atoms with Crippen LogP contribution in [0.4, 0.5) is 9.18 Å². The molecule has 7 heteroatoms. The topological polar surface area (TPSA) is 70.1 Å². The third-order valence-corrected chi connectivity index (χ3v) is 4.55. The molecule has 2 aromatic carbocycles. The molecule has 3 rings (SSSR count). The summed E-state index contributed by atoms with van der Waals surface area (Å²) >= 11 is 5.97. The number of benzene rings is 2. The quantitative estimate of drug-likeness (QED) is 0.657. The second-order valence-electron chi connectivity index (χ2n) is 7.44. The minimum atomic E-state index is -0.906. The van der Waals surface area contributed by atoms with Crippen molar-refractivity contribution in [3.8, 4) is 5.69 Å². The number of halogens is 2. The number of nitrogens with zero attached hydrogens (tertiary/aromatic N) is 2. The highest BCUT2D eigenvalue weighted by Crippen LogP contribution is 2.32. The normalized spacial score (nSPS) is 12.6. The highest BCUT2D eigenvalue weighted by atomic mass is 35.5. The molecule has 0 bridgehead atoms. The van der Waals surface area contributed by atoms with Crippen LogP contribution in [0.5, 0.6) is 0 Å². The summed E-state index contributed by atoms with van der Waals surface area (Å²) in [5.41, 5.74) is 7.70. The van der Waals surface area contributed by atoms with Crippen molar-refractivity contribution in [2.75, 3.05) is 0 Å². The molecule has 0 saturated heterocycles. The van der Waals surface area contributed by atoms with Crippen LogP contribution in [-0.4, -0.2) is 15.9 Å². The number of aromatic nitrogens is 2. The second kappa shape index (κ2) is 7.64. The molecule has 28 heavy (non-hydrogen) atoms. The van der Waals surface area contributed by atoms with E-state index in [0.717, 1.165) is 11.3 Å². The van der Waals surface area contributed by atoms with E-state index in [1.165, 1.54) is 12.1 Å². The molecule has 146 valence electrons. The second-order valence-corrected chi connectivity index (χ2v) is 7.85. The van der Waals surface area contributed by atoms with E-state index in [1.54, 1.807) is 10.7 Å². The first-order valence-electron chi connectivity index (χ1n) is 8.73.